The van der Waals surface area contributed by atoms with E-state index in [1.54, 1.807) is 19.1 Å². The lowest BCUT2D eigenvalue weighted by Gasteiger charge is -2.19. The molecule has 0 bridgehead atoms. The van der Waals surface area contributed by atoms with E-state index >= 15 is 0 Å². The SMILES string of the molecule is CCNC(=NCC(C)(O)c1ccco1)NCCS(=O)(=O)c1ccccc1F. The van der Waals surface area contributed by atoms with Gasteiger partial charge in [0.2, 0.25) is 0 Å². The van der Waals surface area contributed by atoms with Gasteiger partial charge in [0.1, 0.15) is 22.1 Å². The molecular formula is C18H24FN3O4S. The van der Waals surface area contributed by atoms with Gasteiger partial charge in [0, 0.05) is 13.1 Å². The van der Waals surface area contributed by atoms with Crippen molar-refractivity contribution in [2.75, 3.05) is 25.4 Å². The average molecular weight is 397 g/mol. The minimum atomic E-state index is -3.77. The van der Waals surface area contributed by atoms with Crippen LogP contribution in [0.4, 0.5) is 4.39 Å². The van der Waals surface area contributed by atoms with Crippen LogP contribution in [0.15, 0.2) is 57.0 Å². The van der Waals surface area contributed by atoms with Crippen molar-refractivity contribution in [2.24, 2.45) is 4.99 Å². The van der Waals surface area contributed by atoms with Crippen molar-refractivity contribution in [3.8, 4) is 0 Å². The number of aliphatic hydroxyl groups is 1. The highest BCUT2D eigenvalue weighted by molar-refractivity contribution is 7.91. The Morgan fingerprint density at radius 2 is 2.00 bits per heavy atom. The van der Waals surface area contributed by atoms with Gasteiger partial charge in [-0.05, 0) is 38.1 Å². The maximum Gasteiger partial charge on any atom is 0.191 e. The monoisotopic (exact) mass is 397 g/mol. The van der Waals surface area contributed by atoms with E-state index in [0.717, 1.165) is 6.07 Å². The molecule has 0 radical (unpaired) electrons. The molecule has 0 spiro atoms. The van der Waals surface area contributed by atoms with Crippen LogP contribution in [0.3, 0.4) is 0 Å². The van der Waals surface area contributed by atoms with Gasteiger partial charge in [-0.1, -0.05) is 12.1 Å². The Balaban J connectivity index is 1.99. The van der Waals surface area contributed by atoms with Crippen molar-refractivity contribution in [1.29, 1.82) is 0 Å². The molecule has 9 heteroatoms. The number of aliphatic imine (C=N–C) groups is 1. The molecule has 7 nitrogen and oxygen atoms in total. The van der Waals surface area contributed by atoms with E-state index < -0.39 is 21.3 Å². The zero-order valence-electron chi connectivity index (χ0n) is 15.3. The zero-order chi connectivity index (χ0) is 19.9. The largest absolute Gasteiger partial charge is 0.466 e. The lowest BCUT2D eigenvalue weighted by atomic mass is 10.0. The van der Waals surface area contributed by atoms with Gasteiger partial charge in [0.05, 0.1) is 18.6 Å². The molecule has 1 atom stereocenters. The third-order valence-electron chi connectivity index (χ3n) is 3.78. The number of nitrogens with one attached hydrogen (secondary N) is 2. The first-order valence-corrected chi connectivity index (χ1v) is 10.2. The third-order valence-corrected chi connectivity index (χ3v) is 5.52. The van der Waals surface area contributed by atoms with Gasteiger partial charge in [-0.3, -0.25) is 0 Å². The van der Waals surface area contributed by atoms with Crippen molar-refractivity contribution >= 4 is 15.8 Å². The number of guanidine groups is 1. The first kappa shape index (κ1) is 20.9. The van der Waals surface area contributed by atoms with Gasteiger partial charge in [0.25, 0.3) is 0 Å². The van der Waals surface area contributed by atoms with Crippen LogP contribution < -0.4 is 10.6 Å². The van der Waals surface area contributed by atoms with Gasteiger partial charge >= 0.3 is 0 Å². The standard InChI is InChI=1S/C18H24FN3O4S/c1-3-20-17(22-13-18(2,23)16-9-6-11-26-16)21-10-12-27(24,25)15-8-5-4-7-14(15)19/h4-9,11,23H,3,10,12-13H2,1-2H3,(H2,20,21,22). The first-order chi connectivity index (χ1) is 12.8. The van der Waals surface area contributed by atoms with Gasteiger partial charge in [-0.25, -0.2) is 17.8 Å². The predicted octanol–water partition coefficient (Wildman–Crippen LogP) is 1.66. The molecule has 2 aromatic rings. The van der Waals surface area contributed by atoms with Crippen LogP contribution in [-0.2, 0) is 15.4 Å². The number of benzene rings is 1. The van der Waals surface area contributed by atoms with Gasteiger partial charge in [-0.2, -0.15) is 0 Å². The number of nitrogens with zero attached hydrogens (tertiary/aromatic N) is 1. The van der Waals surface area contributed by atoms with Crippen LogP contribution in [-0.4, -0.2) is 44.9 Å². The summed E-state index contributed by atoms with van der Waals surface area (Å²) in [4.78, 5) is 3.94. The molecule has 0 amide bonds. The molecular weight excluding hydrogens is 373 g/mol. The van der Waals surface area contributed by atoms with Crippen LogP contribution in [0.2, 0.25) is 0 Å². The molecule has 0 aliphatic rings. The summed E-state index contributed by atoms with van der Waals surface area (Å²) in [5.41, 5.74) is -1.30. The Morgan fingerprint density at radius 1 is 1.26 bits per heavy atom. The average Bonchev–Trinajstić information content (AvgIpc) is 3.15. The van der Waals surface area contributed by atoms with E-state index in [-0.39, 0.29) is 23.7 Å². The van der Waals surface area contributed by atoms with Crippen molar-refractivity contribution in [3.63, 3.8) is 0 Å². The summed E-state index contributed by atoms with van der Waals surface area (Å²) in [5.74, 6) is -0.350. The maximum atomic E-state index is 13.7. The second-order valence-electron chi connectivity index (χ2n) is 6.12. The summed E-state index contributed by atoms with van der Waals surface area (Å²) in [6.45, 7) is 4.02. The maximum absolute atomic E-state index is 13.7. The summed E-state index contributed by atoms with van der Waals surface area (Å²) < 4.78 is 43.5. The smallest absolute Gasteiger partial charge is 0.191 e. The highest BCUT2D eigenvalue weighted by Crippen LogP contribution is 2.21. The van der Waals surface area contributed by atoms with Gasteiger partial charge in [-0.15, -0.1) is 0 Å². The number of furan rings is 1. The summed E-state index contributed by atoms with van der Waals surface area (Å²) in [6, 6.07) is 8.59. The molecule has 1 aromatic heterocycles. The first-order valence-electron chi connectivity index (χ1n) is 8.52. The van der Waals surface area contributed by atoms with E-state index in [1.807, 2.05) is 6.92 Å². The fourth-order valence-electron chi connectivity index (χ4n) is 2.35. The number of hydrogen-bond acceptors (Lipinski definition) is 5. The van der Waals surface area contributed by atoms with Crippen molar-refractivity contribution in [2.45, 2.75) is 24.3 Å². The number of sulfone groups is 1. The number of hydrogen-bond donors (Lipinski definition) is 3. The fraction of sp³-hybridized carbons (Fsp3) is 0.389. The van der Waals surface area contributed by atoms with E-state index in [2.05, 4.69) is 15.6 Å². The summed E-state index contributed by atoms with van der Waals surface area (Å²) in [7, 11) is -3.77. The molecule has 1 unspecified atom stereocenters. The van der Waals surface area contributed by atoms with E-state index in [4.69, 9.17) is 4.42 Å². The lowest BCUT2D eigenvalue weighted by Crippen LogP contribution is -2.40. The Morgan fingerprint density at radius 3 is 2.63 bits per heavy atom. The highest BCUT2D eigenvalue weighted by atomic mass is 32.2. The topological polar surface area (TPSA) is 104 Å². The molecule has 3 N–H and O–H groups in total. The Bertz CT molecular complexity index is 864. The van der Waals surface area contributed by atoms with Gasteiger partial charge < -0.3 is 20.2 Å². The fourth-order valence-corrected chi connectivity index (χ4v) is 3.59. The molecule has 0 aliphatic heterocycles. The molecule has 1 heterocycles. The highest BCUT2D eigenvalue weighted by Gasteiger charge is 2.26. The lowest BCUT2D eigenvalue weighted by molar-refractivity contribution is 0.0437. The van der Waals surface area contributed by atoms with E-state index in [9.17, 15) is 17.9 Å². The molecule has 2 rings (SSSR count). The Kier molecular flexibility index (Phi) is 6.98. The van der Waals surface area contributed by atoms with E-state index in [0.29, 0.717) is 18.3 Å². The quantitative estimate of drug-likeness (QED) is 0.462. The molecule has 148 valence electrons. The molecule has 0 fully saturated rings. The van der Waals surface area contributed by atoms with Crippen LogP contribution in [0.25, 0.3) is 0 Å². The van der Waals surface area contributed by atoms with Crippen LogP contribution in [0, 0.1) is 5.82 Å². The zero-order valence-corrected chi connectivity index (χ0v) is 16.1. The molecule has 0 saturated carbocycles. The van der Waals surface area contributed by atoms with Crippen molar-refractivity contribution in [1.82, 2.24) is 10.6 Å². The number of halogens is 1. The minimum Gasteiger partial charge on any atom is -0.466 e. The molecule has 0 saturated heterocycles. The minimum absolute atomic E-state index is 0.00983. The number of rotatable bonds is 8. The summed E-state index contributed by atoms with van der Waals surface area (Å²) in [6.07, 6.45) is 1.46. The molecule has 0 aliphatic carbocycles. The predicted molar refractivity (Wildman–Crippen MR) is 101 cm³/mol. The Hall–Kier alpha value is -2.39. The normalized spacial score (nSPS) is 14.6. The van der Waals surface area contributed by atoms with Gasteiger partial charge in [0.15, 0.2) is 15.8 Å². The Labute approximate surface area is 158 Å². The van der Waals surface area contributed by atoms with Crippen molar-refractivity contribution < 1.29 is 22.3 Å². The van der Waals surface area contributed by atoms with Crippen LogP contribution in [0.1, 0.15) is 19.6 Å². The van der Waals surface area contributed by atoms with E-state index in [1.165, 1.54) is 24.5 Å². The third kappa shape index (κ3) is 5.80. The summed E-state index contributed by atoms with van der Waals surface area (Å²) in [5, 5.41) is 16.3. The van der Waals surface area contributed by atoms with Crippen LogP contribution in [0.5, 0.6) is 0 Å². The molecule has 27 heavy (non-hydrogen) atoms. The molecule has 1 aromatic carbocycles. The second-order valence-corrected chi connectivity index (χ2v) is 8.20. The second kappa shape index (κ2) is 9.01. The van der Waals surface area contributed by atoms with Crippen LogP contribution >= 0.6 is 0 Å². The summed E-state index contributed by atoms with van der Waals surface area (Å²) >= 11 is 0. The van der Waals surface area contributed by atoms with Crippen molar-refractivity contribution in [3.05, 3.63) is 54.2 Å².